The molecule has 5 atom stereocenters. The third kappa shape index (κ3) is 3.87. The van der Waals surface area contributed by atoms with Gasteiger partial charge < -0.3 is 23.8 Å². The van der Waals surface area contributed by atoms with Crippen molar-refractivity contribution in [2.24, 2.45) is 22.7 Å². The van der Waals surface area contributed by atoms with E-state index in [2.05, 4.69) is 50.4 Å². The van der Waals surface area contributed by atoms with Gasteiger partial charge in [-0.25, -0.2) is 0 Å². The summed E-state index contributed by atoms with van der Waals surface area (Å²) < 4.78 is 25.4. The highest BCUT2D eigenvalue weighted by Crippen LogP contribution is 2.65. The number of furan rings is 1. The van der Waals surface area contributed by atoms with Crippen LogP contribution in [-0.4, -0.2) is 37.3 Å². The van der Waals surface area contributed by atoms with Crippen LogP contribution in [0.5, 0.6) is 5.75 Å². The second-order valence-corrected chi connectivity index (χ2v) is 14.1. The number of rotatable bonds is 6. The van der Waals surface area contributed by atoms with Gasteiger partial charge in [-0.15, -0.1) is 0 Å². The molecule has 1 saturated heterocycles. The van der Waals surface area contributed by atoms with Crippen LogP contribution < -0.4 is 10.1 Å². The summed E-state index contributed by atoms with van der Waals surface area (Å²) in [5.74, 6) is 1.70. The van der Waals surface area contributed by atoms with Crippen molar-refractivity contribution in [1.82, 2.24) is 5.32 Å². The lowest BCUT2D eigenvalue weighted by Gasteiger charge is -2.64. The molecule has 6 aliphatic rings. The van der Waals surface area contributed by atoms with E-state index in [1.54, 1.807) is 6.26 Å². The van der Waals surface area contributed by atoms with Gasteiger partial charge in [0.05, 0.1) is 36.9 Å². The van der Waals surface area contributed by atoms with Gasteiger partial charge in [-0.05, 0) is 91.5 Å². The minimum atomic E-state index is -0.510. The first kappa shape index (κ1) is 25.0. The summed E-state index contributed by atoms with van der Waals surface area (Å²) in [6.45, 7) is 7.76. The van der Waals surface area contributed by atoms with Gasteiger partial charge in [0, 0.05) is 10.8 Å². The Morgan fingerprint density at radius 1 is 1.12 bits per heavy atom. The third-order valence-electron chi connectivity index (χ3n) is 11.2. The summed E-state index contributed by atoms with van der Waals surface area (Å²) in [7, 11) is -0.510. The molecule has 0 unspecified atom stereocenters. The summed E-state index contributed by atoms with van der Waals surface area (Å²) >= 11 is 0. The minimum absolute atomic E-state index is 0.0379. The fourth-order valence-corrected chi connectivity index (χ4v) is 8.33. The van der Waals surface area contributed by atoms with Crippen molar-refractivity contribution in [3.8, 4) is 5.75 Å². The highest BCUT2D eigenvalue weighted by atomic mass is 16.7. The minimum Gasteiger partial charge on any atom is -0.493 e. The van der Waals surface area contributed by atoms with E-state index in [4.69, 9.17) is 18.5 Å². The largest absolute Gasteiger partial charge is 0.493 e. The Balaban J connectivity index is 1.03. The van der Waals surface area contributed by atoms with E-state index in [1.165, 1.54) is 24.8 Å². The third-order valence-corrected chi connectivity index (χ3v) is 11.2. The number of hydrogen-bond acceptors (Lipinski definition) is 5. The molecule has 2 bridgehead atoms. The highest BCUT2D eigenvalue weighted by molar-refractivity contribution is 6.48. The van der Waals surface area contributed by atoms with Crippen LogP contribution in [0.25, 0.3) is 11.0 Å². The molecule has 3 aromatic rings. The molecule has 1 spiro atoms. The zero-order valence-corrected chi connectivity index (χ0v) is 23.7. The Morgan fingerprint density at radius 2 is 1.98 bits per heavy atom. The van der Waals surface area contributed by atoms with Crippen molar-refractivity contribution in [2.75, 3.05) is 6.61 Å². The predicted octanol–water partition coefficient (Wildman–Crippen LogP) is 5.69. The Bertz CT molecular complexity index is 1490. The van der Waals surface area contributed by atoms with Crippen LogP contribution in [0.4, 0.5) is 0 Å². The van der Waals surface area contributed by atoms with Crippen LogP contribution in [-0.2, 0) is 33.4 Å². The summed E-state index contributed by atoms with van der Waals surface area (Å²) in [6, 6.07) is 14.3. The number of fused-ring (bicyclic) bond motifs is 2. The molecule has 1 N–H and O–H groups in total. The van der Waals surface area contributed by atoms with Crippen molar-refractivity contribution in [3.63, 3.8) is 0 Å². The van der Waals surface area contributed by atoms with Crippen LogP contribution in [0.15, 0.2) is 53.1 Å². The van der Waals surface area contributed by atoms with Crippen molar-refractivity contribution in [1.29, 1.82) is 0 Å². The van der Waals surface area contributed by atoms with Gasteiger partial charge >= 0.3 is 7.12 Å². The number of nitrogens with one attached hydrogen (secondary N) is 1. The monoisotopic (exact) mass is 539 g/mol. The first-order valence-corrected chi connectivity index (χ1v) is 15.0. The second-order valence-electron chi connectivity index (χ2n) is 14.1. The Labute approximate surface area is 236 Å². The van der Waals surface area contributed by atoms with Crippen molar-refractivity contribution in [2.45, 2.75) is 83.4 Å². The van der Waals surface area contributed by atoms with Gasteiger partial charge in [-0.3, -0.25) is 4.79 Å². The topological polar surface area (TPSA) is 69.9 Å². The van der Waals surface area contributed by atoms with Gasteiger partial charge in [0.2, 0.25) is 5.91 Å². The number of amides is 1. The first-order chi connectivity index (χ1) is 19.2. The SMILES string of the molecule is CC1(C)[C@@H]2C[C@H]3OB([C@H](Cc4coc5ccccc45)NC(=O)Cc4ccc5c(c4)OCC4(CC4)C5)O[C@@]3(C)[C@H]1C2. The molecule has 9 rings (SSSR count). The van der Waals surface area contributed by atoms with Crippen LogP contribution in [0.1, 0.15) is 63.1 Å². The van der Waals surface area contributed by atoms with Crippen molar-refractivity contribution in [3.05, 3.63) is 65.4 Å². The lowest BCUT2D eigenvalue weighted by molar-refractivity contribution is -0.199. The molecule has 2 aromatic carbocycles. The summed E-state index contributed by atoms with van der Waals surface area (Å²) in [6.07, 6.45) is 8.54. The van der Waals surface area contributed by atoms with E-state index in [0.29, 0.717) is 23.7 Å². The molecule has 208 valence electrons. The number of ether oxygens (including phenoxy) is 1. The maximum absolute atomic E-state index is 13.5. The molecule has 1 aromatic heterocycles. The molecule has 2 aliphatic heterocycles. The van der Waals surface area contributed by atoms with E-state index in [1.807, 2.05) is 18.2 Å². The van der Waals surface area contributed by atoms with Gasteiger partial charge in [0.25, 0.3) is 0 Å². The van der Waals surface area contributed by atoms with E-state index < -0.39 is 7.12 Å². The summed E-state index contributed by atoms with van der Waals surface area (Å²) in [5.41, 5.74) is 4.43. The summed E-state index contributed by atoms with van der Waals surface area (Å²) in [5, 5.41) is 4.38. The fourth-order valence-electron chi connectivity index (χ4n) is 8.33. The van der Waals surface area contributed by atoms with Crippen LogP contribution in [0, 0.1) is 22.7 Å². The average Bonchev–Trinajstić information content (AvgIpc) is 3.39. The van der Waals surface area contributed by atoms with Crippen LogP contribution in [0.3, 0.4) is 0 Å². The van der Waals surface area contributed by atoms with E-state index in [-0.39, 0.29) is 35.4 Å². The molecule has 6 nitrogen and oxygen atoms in total. The summed E-state index contributed by atoms with van der Waals surface area (Å²) in [4.78, 5) is 13.5. The fraction of sp³-hybridized carbons (Fsp3) is 0.545. The quantitative estimate of drug-likeness (QED) is 0.408. The molecule has 40 heavy (non-hydrogen) atoms. The molecule has 4 saturated carbocycles. The number of carbonyl (C=O) groups excluding carboxylic acids is 1. The maximum atomic E-state index is 13.5. The predicted molar refractivity (Wildman–Crippen MR) is 153 cm³/mol. The van der Waals surface area contributed by atoms with E-state index >= 15 is 0 Å². The molecule has 3 heterocycles. The molecule has 4 aliphatic carbocycles. The van der Waals surface area contributed by atoms with Gasteiger partial charge in [-0.2, -0.15) is 0 Å². The lowest BCUT2D eigenvalue weighted by atomic mass is 9.43. The number of hydrogen-bond donors (Lipinski definition) is 1. The van der Waals surface area contributed by atoms with Crippen molar-refractivity contribution >= 4 is 24.0 Å². The zero-order chi connectivity index (χ0) is 27.3. The standard InChI is InChI=1S/C33H38BNO5/c1-31(2)23-15-27(31)32(3)28(16-23)39-34(40-32)29(14-22-18-37-25-7-5-4-6-24(22)25)35-30(36)13-20-8-9-21-17-33(10-11-33)19-38-26(21)12-20/h4-9,12,18,23,27-29H,10-11,13-17,19H2,1-3H3,(H,35,36)/t23-,27-,28+,29-,32-/m0/s1. The highest BCUT2D eigenvalue weighted by Gasteiger charge is 2.68. The maximum Gasteiger partial charge on any atom is 0.482 e. The molecule has 0 radical (unpaired) electrons. The lowest BCUT2D eigenvalue weighted by Crippen LogP contribution is -2.65. The van der Waals surface area contributed by atoms with E-state index in [9.17, 15) is 4.79 Å². The van der Waals surface area contributed by atoms with Crippen LogP contribution in [0.2, 0.25) is 0 Å². The normalized spacial score (nSPS) is 31.2. The molecule has 5 fully saturated rings. The first-order valence-electron chi connectivity index (χ1n) is 15.0. The van der Waals surface area contributed by atoms with E-state index in [0.717, 1.165) is 47.3 Å². The van der Waals surface area contributed by atoms with Crippen LogP contribution >= 0.6 is 0 Å². The number of para-hydroxylation sites is 1. The zero-order valence-electron chi connectivity index (χ0n) is 23.7. The smallest absolute Gasteiger partial charge is 0.482 e. The Morgan fingerprint density at radius 3 is 2.80 bits per heavy atom. The molecular weight excluding hydrogens is 501 g/mol. The Hall–Kier alpha value is -2.77. The number of benzene rings is 2. The molecule has 1 amide bonds. The number of carbonyl (C=O) groups is 1. The second kappa shape index (κ2) is 8.62. The van der Waals surface area contributed by atoms with Crippen molar-refractivity contribution < 1.29 is 23.3 Å². The average molecular weight is 539 g/mol. The van der Waals surface area contributed by atoms with Gasteiger partial charge in [0.1, 0.15) is 11.3 Å². The molecular formula is C33H38BNO5. The molecule has 7 heteroatoms. The van der Waals surface area contributed by atoms with Gasteiger partial charge in [0.15, 0.2) is 0 Å². The Kier molecular flexibility index (Phi) is 5.39. The van der Waals surface area contributed by atoms with Gasteiger partial charge in [-0.1, -0.05) is 44.2 Å².